The Labute approximate surface area is 123 Å². The average molecular weight is 292 g/mol. The number of rotatable bonds is 5. The first kappa shape index (κ1) is 15.5. The van der Waals surface area contributed by atoms with Crippen molar-refractivity contribution < 1.29 is 19.8 Å². The quantitative estimate of drug-likeness (QED) is 0.606. The summed E-state index contributed by atoms with van der Waals surface area (Å²) >= 11 is 0. The highest BCUT2D eigenvalue weighted by Crippen LogP contribution is 2.33. The lowest BCUT2D eigenvalue weighted by atomic mass is 9.72. The second-order valence-corrected chi connectivity index (χ2v) is 5.24. The van der Waals surface area contributed by atoms with E-state index in [0.29, 0.717) is 25.9 Å². The third-order valence-corrected chi connectivity index (χ3v) is 4.00. The van der Waals surface area contributed by atoms with Gasteiger partial charge in [-0.05, 0) is 31.5 Å². The van der Waals surface area contributed by atoms with Crippen molar-refractivity contribution in [1.29, 1.82) is 0 Å². The van der Waals surface area contributed by atoms with Crippen LogP contribution < -0.4 is 10.6 Å². The molecule has 1 unspecified atom stereocenters. The lowest BCUT2D eigenvalue weighted by Crippen LogP contribution is -2.55. The number of carboxylic acids is 1. The molecule has 21 heavy (non-hydrogen) atoms. The third-order valence-electron chi connectivity index (χ3n) is 4.00. The number of benzene rings is 1. The first-order valence-corrected chi connectivity index (χ1v) is 7.01. The Balaban J connectivity index is 2.28. The zero-order valence-electron chi connectivity index (χ0n) is 11.7. The molecule has 0 radical (unpaired) electrons. The number of carbonyl (C=O) groups is 2. The van der Waals surface area contributed by atoms with Crippen molar-refractivity contribution in [3.05, 3.63) is 35.9 Å². The topological polar surface area (TPSA) is 98.7 Å². The van der Waals surface area contributed by atoms with Gasteiger partial charge in [0.2, 0.25) is 5.91 Å². The van der Waals surface area contributed by atoms with Crippen molar-refractivity contribution >= 4 is 11.9 Å². The highest BCUT2D eigenvalue weighted by molar-refractivity contribution is 5.91. The Morgan fingerprint density at radius 1 is 1.24 bits per heavy atom. The van der Waals surface area contributed by atoms with Crippen LogP contribution in [-0.4, -0.2) is 47.8 Å². The number of aliphatic hydroxyl groups excluding tert-OH is 1. The molecule has 1 aliphatic rings. The van der Waals surface area contributed by atoms with Crippen LogP contribution >= 0.6 is 0 Å². The summed E-state index contributed by atoms with van der Waals surface area (Å²) in [5.41, 5.74) is 0.140. The number of carbonyl (C=O) groups excluding carboxylic acids is 1. The summed E-state index contributed by atoms with van der Waals surface area (Å²) < 4.78 is 0. The van der Waals surface area contributed by atoms with Crippen molar-refractivity contribution in [3.63, 3.8) is 0 Å². The molecule has 1 aromatic rings. The van der Waals surface area contributed by atoms with E-state index in [1.807, 2.05) is 30.3 Å². The molecule has 0 aliphatic carbocycles. The summed E-state index contributed by atoms with van der Waals surface area (Å²) in [4.78, 5) is 23.7. The lowest BCUT2D eigenvalue weighted by molar-refractivity contribution is -0.144. The summed E-state index contributed by atoms with van der Waals surface area (Å²) in [6.07, 6.45) is 1.20. The van der Waals surface area contributed by atoms with Crippen LogP contribution in [0.4, 0.5) is 0 Å². The monoisotopic (exact) mass is 292 g/mol. The molecule has 1 saturated heterocycles. The molecule has 1 fully saturated rings. The van der Waals surface area contributed by atoms with Gasteiger partial charge in [-0.15, -0.1) is 0 Å². The van der Waals surface area contributed by atoms with Crippen LogP contribution in [0.1, 0.15) is 18.4 Å². The molecule has 1 aliphatic heterocycles. The van der Waals surface area contributed by atoms with E-state index in [0.717, 1.165) is 5.56 Å². The van der Waals surface area contributed by atoms with Gasteiger partial charge in [0.05, 0.1) is 12.0 Å². The minimum absolute atomic E-state index is 0.336. The number of amides is 1. The average Bonchev–Trinajstić information content (AvgIpc) is 2.53. The minimum atomic E-state index is -1.27. The molecule has 114 valence electrons. The first-order valence-electron chi connectivity index (χ1n) is 7.01. The Morgan fingerprint density at radius 3 is 2.38 bits per heavy atom. The molecule has 2 rings (SSSR count). The maximum absolute atomic E-state index is 12.7. The van der Waals surface area contributed by atoms with Crippen LogP contribution in [0, 0.1) is 0 Å². The fourth-order valence-corrected chi connectivity index (χ4v) is 2.74. The molecule has 1 aromatic carbocycles. The maximum Gasteiger partial charge on any atom is 0.328 e. The molecule has 0 spiro atoms. The largest absolute Gasteiger partial charge is 0.480 e. The predicted octanol–water partition coefficient (Wildman–Crippen LogP) is -0.130. The van der Waals surface area contributed by atoms with Crippen molar-refractivity contribution in [3.8, 4) is 0 Å². The van der Waals surface area contributed by atoms with E-state index in [2.05, 4.69) is 10.6 Å². The third kappa shape index (κ3) is 3.22. The van der Waals surface area contributed by atoms with Crippen LogP contribution in [0.15, 0.2) is 30.3 Å². The van der Waals surface area contributed by atoms with Crippen LogP contribution in [0.25, 0.3) is 0 Å². The number of aliphatic carboxylic acids is 1. The number of carboxylic acid groups (broad SMARTS) is 1. The summed E-state index contributed by atoms with van der Waals surface area (Å²) in [7, 11) is 0. The smallest absolute Gasteiger partial charge is 0.328 e. The Morgan fingerprint density at radius 2 is 1.86 bits per heavy atom. The van der Waals surface area contributed by atoms with Gasteiger partial charge in [-0.25, -0.2) is 4.79 Å². The number of hydrogen-bond acceptors (Lipinski definition) is 4. The Bertz CT molecular complexity index is 498. The zero-order chi connectivity index (χ0) is 15.3. The van der Waals surface area contributed by atoms with Gasteiger partial charge >= 0.3 is 5.97 Å². The second-order valence-electron chi connectivity index (χ2n) is 5.24. The first-order chi connectivity index (χ1) is 10.1. The summed E-state index contributed by atoms with van der Waals surface area (Å²) in [6, 6.07) is 8.12. The molecular weight excluding hydrogens is 272 g/mol. The number of nitrogens with one attached hydrogen (secondary N) is 2. The standard InChI is InChI=1S/C15H20N2O4/c18-10-12(13(19)20)17-14(21)15(6-8-16-9-7-15)11-4-2-1-3-5-11/h1-5,12,16,18H,6-10H2,(H,17,21)(H,19,20). The van der Waals surface area contributed by atoms with E-state index in [1.165, 1.54) is 0 Å². The van der Waals surface area contributed by atoms with Gasteiger partial charge in [0.15, 0.2) is 0 Å². The highest BCUT2D eigenvalue weighted by atomic mass is 16.4. The number of aliphatic hydroxyl groups is 1. The molecule has 6 heteroatoms. The van der Waals surface area contributed by atoms with E-state index in [4.69, 9.17) is 10.2 Å². The normalized spacial score (nSPS) is 18.7. The predicted molar refractivity (Wildman–Crippen MR) is 76.9 cm³/mol. The van der Waals surface area contributed by atoms with Crippen molar-refractivity contribution in [2.24, 2.45) is 0 Å². The van der Waals surface area contributed by atoms with Crippen LogP contribution in [0.3, 0.4) is 0 Å². The van der Waals surface area contributed by atoms with Gasteiger partial charge in [-0.2, -0.15) is 0 Å². The Hall–Kier alpha value is -1.92. The van der Waals surface area contributed by atoms with E-state index in [9.17, 15) is 9.59 Å². The molecule has 0 bridgehead atoms. The lowest BCUT2D eigenvalue weighted by Gasteiger charge is -2.37. The van der Waals surface area contributed by atoms with E-state index in [-0.39, 0.29) is 5.91 Å². The molecule has 6 nitrogen and oxygen atoms in total. The van der Waals surface area contributed by atoms with Gasteiger partial charge in [-0.1, -0.05) is 30.3 Å². The zero-order valence-corrected chi connectivity index (χ0v) is 11.7. The summed E-state index contributed by atoms with van der Waals surface area (Å²) in [5.74, 6) is -1.57. The molecule has 1 amide bonds. The fourth-order valence-electron chi connectivity index (χ4n) is 2.74. The van der Waals surface area contributed by atoms with E-state index in [1.54, 1.807) is 0 Å². The van der Waals surface area contributed by atoms with Gasteiger partial charge < -0.3 is 20.8 Å². The highest BCUT2D eigenvalue weighted by Gasteiger charge is 2.42. The number of hydrogen-bond donors (Lipinski definition) is 4. The van der Waals surface area contributed by atoms with Crippen LogP contribution in [0.2, 0.25) is 0 Å². The van der Waals surface area contributed by atoms with Gasteiger partial charge in [-0.3, -0.25) is 4.79 Å². The molecular formula is C15H20N2O4. The van der Waals surface area contributed by atoms with Gasteiger partial charge in [0, 0.05) is 0 Å². The second kappa shape index (κ2) is 6.69. The van der Waals surface area contributed by atoms with Crippen molar-refractivity contribution in [2.45, 2.75) is 24.3 Å². The SMILES string of the molecule is O=C(O)C(CO)NC(=O)C1(c2ccccc2)CCNCC1. The maximum atomic E-state index is 12.7. The number of piperidine rings is 1. The Kier molecular flexibility index (Phi) is 4.93. The van der Waals surface area contributed by atoms with Crippen molar-refractivity contribution in [2.75, 3.05) is 19.7 Å². The van der Waals surface area contributed by atoms with Crippen molar-refractivity contribution in [1.82, 2.24) is 10.6 Å². The van der Waals surface area contributed by atoms with Crippen LogP contribution in [-0.2, 0) is 15.0 Å². The van der Waals surface area contributed by atoms with Crippen LogP contribution in [0.5, 0.6) is 0 Å². The molecule has 4 N–H and O–H groups in total. The minimum Gasteiger partial charge on any atom is -0.480 e. The van der Waals surface area contributed by atoms with E-state index < -0.39 is 24.0 Å². The van der Waals surface area contributed by atoms with E-state index >= 15 is 0 Å². The molecule has 1 atom stereocenters. The summed E-state index contributed by atoms with van der Waals surface area (Å²) in [5, 5.41) is 23.7. The fraction of sp³-hybridized carbons (Fsp3) is 0.467. The van der Waals surface area contributed by atoms with Gasteiger partial charge in [0.1, 0.15) is 6.04 Å². The van der Waals surface area contributed by atoms with Gasteiger partial charge in [0.25, 0.3) is 0 Å². The molecule has 0 aromatic heterocycles. The summed E-state index contributed by atoms with van der Waals surface area (Å²) in [6.45, 7) is 0.766. The molecule has 1 heterocycles. The molecule has 0 saturated carbocycles.